The van der Waals surface area contributed by atoms with E-state index in [2.05, 4.69) is 16.8 Å². The maximum atomic E-state index is 12.1. The van der Waals surface area contributed by atoms with Gasteiger partial charge in [-0.2, -0.15) is 0 Å². The van der Waals surface area contributed by atoms with Crippen LogP contribution < -0.4 is 15.5 Å². The zero-order valence-corrected chi connectivity index (χ0v) is 15.4. The summed E-state index contributed by atoms with van der Waals surface area (Å²) in [6.07, 6.45) is 3.18. The van der Waals surface area contributed by atoms with Crippen LogP contribution in [0.2, 0.25) is 0 Å². The van der Waals surface area contributed by atoms with Crippen LogP contribution in [0.1, 0.15) is 12.6 Å². The molecule has 8 heteroatoms. The molecule has 1 aliphatic rings. The minimum atomic E-state index is -0.215. The zero-order chi connectivity index (χ0) is 19.1. The van der Waals surface area contributed by atoms with E-state index in [9.17, 15) is 14.4 Å². The van der Waals surface area contributed by atoms with E-state index in [1.165, 1.54) is 13.2 Å². The highest BCUT2D eigenvalue weighted by atomic mass is 16.5. The first-order valence-electron chi connectivity index (χ1n) is 8.57. The van der Waals surface area contributed by atoms with E-state index in [1.54, 1.807) is 28.7 Å². The molecule has 0 aromatic carbocycles. The maximum Gasteiger partial charge on any atom is 0.240 e. The number of hydrogen-bond acceptors (Lipinski definition) is 5. The molecule has 0 radical (unpaired) electrons. The number of rotatable bonds is 7. The van der Waals surface area contributed by atoms with Crippen molar-refractivity contribution < 1.29 is 14.3 Å². The predicted molar refractivity (Wildman–Crippen MR) is 98.0 cm³/mol. The van der Waals surface area contributed by atoms with Crippen molar-refractivity contribution in [3.8, 4) is 5.75 Å². The topological polar surface area (TPSA) is 83.9 Å². The Morgan fingerprint density at radius 1 is 1.31 bits per heavy atom. The molecular weight excluding hydrogens is 336 g/mol. The molecular formula is C18H26N4O4. The van der Waals surface area contributed by atoms with Gasteiger partial charge >= 0.3 is 0 Å². The number of nitrogens with zero attached hydrogens (tertiary/aromatic N) is 3. The quantitative estimate of drug-likeness (QED) is 0.681. The number of pyridine rings is 1. The second kappa shape index (κ2) is 9.19. The fraction of sp³-hybridized carbons (Fsp3) is 0.500. The Kier molecular flexibility index (Phi) is 6.97. The molecule has 2 heterocycles. The van der Waals surface area contributed by atoms with Gasteiger partial charge < -0.3 is 19.5 Å². The predicted octanol–water partition coefficient (Wildman–Crippen LogP) is -0.177. The lowest BCUT2D eigenvalue weighted by Gasteiger charge is -2.34. The molecule has 1 aliphatic heterocycles. The van der Waals surface area contributed by atoms with Gasteiger partial charge in [0.15, 0.2) is 5.75 Å². The summed E-state index contributed by atoms with van der Waals surface area (Å²) in [4.78, 5) is 39.6. The highest BCUT2D eigenvalue weighted by Crippen LogP contribution is 2.11. The maximum absolute atomic E-state index is 12.1. The summed E-state index contributed by atoms with van der Waals surface area (Å²) in [5.41, 5.74) is 0.522. The van der Waals surface area contributed by atoms with E-state index in [-0.39, 0.29) is 29.5 Å². The highest BCUT2D eigenvalue weighted by Gasteiger charge is 2.20. The molecule has 0 spiro atoms. The fourth-order valence-electron chi connectivity index (χ4n) is 2.88. The molecule has 0 bridgehead atoms. The minimum Gasteiger partial charge on any atom is -0.491 e. The van der Waals surface area contributed by atoms with Crippen molar-refractivity contribution in [3.63, 3.8) is 0 Å². The summed E-state index contributed by atoms with van der Waals surface area (Å²) in [6.45, 7) is 8.92. The molecule has 2 amide bonds. The first-order chi connectivity index (χ1) is 12.4. The van der Waals surface area contributed by atoms with E-state index in [1.807, 2.05) is 0 Å². The summed E-state index contributed by atoms with van der Waals surface area (Å²) in [6, 6.07) is 1.51. The monoisotopic (exact) mass is 362 g/mol. The molecule has 0 unspecified atom stereocenters. The molecule has 1 aromatic rings. The molecule has 0 atom stereocenters. The molecule has 1 aromatic heterocycles. The van der Waals surface area contributed by atoms with E-state index in [0.717, 1.165) is 18.8 Å². The third kappa shape index (κ3) is 5.19. The summed E-state index contributed by atoms with van der Waals surface area (Å²) in [7, 11) is 1.43. The van der Waals surface area contributed by atoms with E-state index in [0.29, 0.717) is 26.2 Å². The van der Waals surface area contributed by atoms with Gasteiger partial charge in [0.05, 0.1) is 13.3 Å². The van der Waals surface area contributed by atoms with Gasteiger partial charge in [0, 0.05) is 58.0 Å². The van der Waals surface area contributed by atoms with Crippen LogP contribution in [0.3, 0.4) is 0 Å². The first kappa shape index (κ1) is 19.7. The van der Waals surface area contributed by atoms with Crippen LogP contribution in [0.5, 0.6) is 5.75 Å². The Hall–Kier alpha value is -2.61. The van der Waals surface area contributed by atoms with Crippen LogP contribution in [-0.4, -0.2) is 66.0 Å². The van der Waals surface area contributed by atoms with Crippen molar-refractivity contribution in [2.45, 2.75) is 20.0 Å². The van der Waals surface area contributed by atoms with Crippen LogP contribution >= 0.6 is 0 Å². The van der Waals surface area contributed by atoms with Crippen LogP contribution in [0.4, 0.5) is 0 Å². The lowest BCUT2D eigenvalue weighted by Crippen LogP contribution is -2.47. The second-order valence-corrected chi connectivity index (χ2v) is 6.20. The van der Waals surface area contributed by atoms with Gasteiger partial charge in [-0.1, -0.05) is 6.08 Å². The third-order valence-corrected chi connectivity index (χ3v) is 4.36. The molecule has 2 rings (SSSR count). The number of nitrogens with one attached hydrogen (secondary N) is 1. The molecule has 1 fully saturated rings. The van der Waals surface area contributed by atoms with Crippen LogP contribution in [0.25, 0.3) is 0 Å². The smallest absolute Gasteiger partial charge is 0.240 e. The minimum absolute atomic E-state index is 0.0740. The van der Waals surface area contributed by atoms with Gasteiger partial charge in [0.1, 0.15) is 6.54 Å². The molecule has 8 nitrogen and oxygen atoms in total. The highest BCUT2D eigenvalue weighted by molar-refractivity contribution is 5.76. The lowest BCUT2D eigenvalue weighted by atomic mass is 10.2. The van der Waals surface area contributed by atoms with E-state index >= 15 is 0 Å². The van der Waals surface area contributed by atoms with Crippen molar-refractivity contribution in [3.05, 3.63) is 40.8 Å². The van der Waals surface area contributed by atoms with E-state index in [4.69, 9.17) is 4.74 Å². The number of ether oxygens (including phenoxy) is 1. The van der Waals surface area contributed by atoms with E-state index < -0.39 is 0 Å². The fourth-order valence-corrected chi connectivity index (χ4v) is 2.88. The zero-order valence-electron chi connectivity index (χ0n) is 15.4. The lowest BCUT2D eigenvalue weighted by molar-refractivity contribution is -0.130. The van der Waals surface area contributed by atoms with Gasteiger partial charge in [0.25, 0.3) is 0 Å². The summed E-state index contributed by atoms with van der Waals surface area (Å²) in [5.74, 6) is 0.106. The number of carbonyl (C=O) groups excluding carboxylic acids is 2. The third-order valence-electron chi connectivity index (χ3n) is 4.36. The number of carbonyl (C=O) groups is 2. The Labute approximate surface area is 153 Å². The number of amides is 2. The van der Waals surface area contributed by atoms with Gasteiger partial charge in [-0.25, -0.2) is 0 Å². The second-order valence-electron chi connectivity index (χ2n) is 6.20. The van der Waals surface area contributed by atoms with Crippen LogP contribution in [0, 0.1) is 0 Å². The molecule has 142 valence electrons. The average molecular weight is 362 g/mol. The number of aromatic nitrogens is 1. The standard InChI is InChI=1S/C18H26N4O4/c1-4-5-19-18(25)13-22-12-17(26-3)16(24)10-15(22)11-20-6-8-21(9-7-20)14(2)23/h4,10,12H,1,5-9,11,13H2,2-3H3,(H,19,25). The van der Waals surface area contributed by atoms with Gasteiger partial charge in [0.2, 0.25) is 17.2 Å². The van der Waals surface area contributed by atoms with Crippen molar-refractivity contribution >= 4 is 11.8 Å². The number of methoxy groups -OCH3 is 1. The van der Waals surface area contributed by atoms with Crippen molar-refractivity contribution in [2.75, 3.05) is 39.8 Å². The van der Waals surface area contributed by atoms with Crippen molar-refractivity contribution in [2.24, 2.45) is 0 Å². The van der Waals surface area contributed by atoms with Gasteiger partial charge in [-0.3, -0.25) is 19.3 Å². The Morgan fingerprint density at radius 2 is 2.00 bits per heavy atom. The number of hydrogen-bond donors (Lipinski definition) is 1. The molecule has 0 saturated carbocycles. The van der Waals surface area contributed by atoms with Crippen LogP contribution in [-0.2, 0) is 22.7 Å². The largest absolute Gasteiger partial charge is 0.491 e. The Balaban J connectivity index is 2.14. The van der Waals surface area contributed by atoms with Gasteiger partial charge in [-0.15, -0.1) is 6.58 Å². The van der Waals surface area contributed by atoms with Gasteiger partial charge in [-0.05, 0) is 0 Å². The Bertz CT molecular complexity index is 720. The average Bonchev–Trinajstić information content (AvgIpc) is 2.62. The van der Waals surface area contributed by atoms with Crippen LogP contribution in [0.15, 0.2) is 29.7 Å². The van der Waals surface area contributed by atoms with Crippen molar-refractivity contribution in [1.82, 2.24) is 19.7 Å². The summed E-state index contributed by atoms with van der Waals surface area (Å²) < 4.78 is 6.83. The number of piperazine rings is 1. The Morgan fingerprint density at radius 3 is 2.58 bits per heavy atom. The summed E-state index contributed by atoms with van der Waals surface area (Å²) in [5, 5.41) is 2.73. The molecule has 0 aliphatic carbocycles. The summed E-state index contributed by atoms with van der Waals surface area (Å²) >= 11 is 0. The molecule has 1 saturated heterocycles. The normalized spacial score (nSPS) is 14.8. The SMILES string of the molecule is C=CCNC(=O)Cn1cc(OC)c(=O)cc1CN1CCN(C(C)=O)CC1. The first-order valence-corrected chi connectivity index (χ1v) is 8.57. The molecule has 1 N–H and O–H groups in total. The molecule has 26 heavy (non-hydrogen) atoms. The van der Waals surface area contributed by atoms with Crippen molar-refractivity contribution in [1.29, 1.82) is 0 Å².